The normalized spacial score (nSPS) is 20.2. The Labute approximate surface area is 135 Å². The zero-order valence-electron chi connectivity index (χ0n) is 13.7. The smallest absolute Gasteiger partial charge is 0.325 e. The maximum atomic E-state index is 12.7. The summed E-state index contributed by atoms with van der Waals surface area (Å²) >= 11 is 0. The third-order valence-electron chi connectivity index (χ3n) is 4.58. The number of hydrogen-bond donors (Lipinski definition) is 2. The van der Waals surface area contributed by atoms with Gasteiger partial charge in [0.1, 0.15) is 12.1 Å². The highest BCUT2D eigenvalue weighted by molar-refractivity contribution is 6.09. The van der Waals surface area contributed by atoms with E-state index in [1.54, 1.807) is 0 Å². The molecule has 0 unspecified atom stereocenters. The third kappa shape index (κ3) is 3.62. The van der Waals surface area contributed by atoms with Gasteiger partial charge in [-0.2, -0.15) is 0 Å². The van der Waals surface area contributed by atoms with Crippen LogP contribution < -0.4 is 10.6 Å². The van der Waals surface area contributed by atoms with E-state index in [-0.39, 0.29) is 24.9 Å². The summed E-state index contributed by atoms with van der Waals surface area (Å²) < 4.78 is 0. The number of rotatable bonds is 4. The van der Waals surface area contributed by atoms with Gasteiger partial charge in [0.15, 0.2) is 0 Å². The summed E-state index contributed by atoms with van der Waals surface area (Å²) in [5, 5.41) is 5.22. The molecule has 0 bridgehead atoms. The molecule has 0 radical (unpaired) electrons. The summed E-state index contributed by atoms with van der Waals surface area (Å²) in [5.41, 5.74) is -0.840. The van der Waals surface area contributed by atoms with E-state index in [0.29, 0.717) is 12.8 Å². The molecule has 0 aromatic rings. The lowest BCUT2D eigenvalue weighted by Gasteiger charge is -2.25. The van der Waals surface area contributed by atoms with E-state index >= 15 is 0 Å². The van der Waals surface area contributed by atoms with Crippen LogP contribution in [0, 0.1) is 0 Å². The fraction of sp³-hybridized carbons (Fsp3) is 0.733. The molecule has 5 amide bonds. The van der Waals surface area contributed by atoms with E-state index in [0.717, 1.165) is 30.6 Å². The molecular weight excluding hydrogens is 300 g/mol. The monoisotopic (exact) mass is 324 g/mol. The van der Waals surface area contributed by atoms with Crippen molar-refractivity contribution >= 4 is 23.8 Å². The first kappa shape index (κ1) is 17.2. The third-order valence-corrected chi connectivity index (χ3v) is 4.58. The molecule has 1 saturated heterocycles. The lowest BCUT2D eigenvalue weighted by molar-refractivity contribution is -0.139. The zero-order chi connectivity index (χ0) is 17.0. The van der Waals surface area contributed by atoms with Crippen molar-refractivity contribution in [2.75, 3.05) is 27.2 Å². The van der Waals surface area contributed by atoms with Crippen LogP contribution in [0.15, 0.2) is 0 Å². The van der Waals surface area contributed by atoms with Gasteiger partial charge < -0.3 is 15.5 Å². The van der Waals surface area contributed by atoms with Crippen LogP contribution in [0.1, 0.15) is 38.5 Å². The first-order valence-corrected chi connectivity index (χ1v) is 7.98. The van der Waals surface area contributed by atoms with Crippen molar-refractivity contribution in [3.63, 3.8) is 0 Å². The highest BCUT2D eigenvalue weighted by Crippen LogP contribution is 2.32. The van der Waals surface area contributed by atoms with Gasteiger partial charge in [0.25, 0.3) is 5.91 Å². The molecule has 23 heavy (non-hydrogen) atoms. The van der Waals surface area contributed by atoms with E-state index in [4.69, 9.17) is 0 Å². The molecule has 1 aliphatic carbocycles. The largest absolute Gasteiger partial charge is 0.358 e. The molecule has 1 saturated carbocycles. The average Bonchev–Trinajstić information content (AvgIpc) is 2.70. The summed E-state index contributed by atoms with van der Waals surface area (Å²) in [5.74, 6) is -1.06. The van der Waals surface area contributed by atoms with Gasteiger partial charge in [-0.3, -0.25) is 19.3 Å². The van der Waals surface area contributed by atoms with Crippen molar-refractivity contribution in [2.45, 2.75) is 44.1 Å². The molecular formula is C15H24N4O4. The Morgan fingerprint density at radius 3 is 2.39 bits per heavy atom. The van der Waals surface area contributed by atoms with Crippen molar-refractivity contribution < 1.29 is 19.2 Å². The van der Waals surface area contributed by atoms with Crippen molar-refractivity contribution in [3.8, 4) is 0 Å². The predicted octanol–water partition coefficient (Wildman–Crippen LogP) is -0.164. The molecule has 128 valence electrons. The zero-order valence-corrected chi connectivity index (χ0v) is 13.7. The fourth-order valence-corrected chi connectivity index (χ4v) is 3.13. The van der Waals surface area contributed by atoms with Crippen LogP contribution >= 0.6 is 0 Å². The predicted molar refractivity (Wildman–Crippen MR) is 82.4 cm³/mol. The van der Waals surface area contributed by atoms with Gasteiger partial charge in [-0.1, -0.05) is 25.7 Å². The first-order chi connectivity index (χ1) is 10.9. The van der Waals surface area contributed by atoms with E-state index < -0.39 is 17.5 Å². The maximum Gasteiger partial charge on any atom is 0.325 e. The number of nitrogens with zero attached hydrogens (tertiary/aromatic N) is 2. The molecule has 0 aromatic heterocycles. The van der Waals surface area contributed by atoms with E-state index in [2.05, 4.69) is 10.6 Å². The molecule has 1 spiro atoms. The lowest BCUT2D eigenvalue weighted by atomic mass is 9.90. The minimum atomic E-state index is -0.840. The molecule has 2 N–H and O–H groups in total. The summed E-state index contributed by atoms with van der Waals surface area (Å²) in [6.45, 7) is -0.440. The van der Waals surface area contributed by atoms with Crippen molar-refractivity contribution in [2.24, 2.45) is 0 Å². The van der Waals surface area contributed by atoms with Gasteiger partial charge in [0.2, 0.25) is 11.8 Å². The van der Waals surface area contributed by atoms with E-state index in [9.17, 15) is 19.2 Å². The fourth-order valence-electron chi connectivity index (χ4n) is 3.13. The maximum absolute atomic E-state index is 12.7. The van der Waals surface area contributed by atoms with Crippen LogP contribution in [-0.4, -0.2) is 66.3 Å². The minimum absolute atomic E-state index is 0.107. The molecule has 2 rings (SSSR count). The number of amides is 5. The van der Waals surface area contributed by atoms with E-state index in [1.165, 1.54) is 19.0 Å². The number of imide groups is 1. The van der Waals surface area contributed by atoms with Gasteiger partial charge in [0.05, 0.1) is 6.54 Å². The van der Waals surface area contributed by atoms with Gasteiger partial charge in [-0.25, -0.2) is 4.79 Å². The Morgan fingerprint density at radius 1 is 1.22 bits per heavy atom. The van der Waals surface area contributed by atoms with Crippen LogP contribution in [0.25, 0.3) is 0 Å². The second kappa shape index (κ2) is 6.97. The Bertz CT molecular complexity index is 512. The Hall–Kier alpha value is -2.12. The Kier molecular flexibility index (Phi) is 5.23. The second-order valence-electron chi connectivity index (χ2n) is 6.24. The summed E-state index contributed by atoms with van der Waals surface area (Å²) in [6.07, 6.45) is 5.14. The van der Waals surface area contributed by atoms with Crippen LogP contribution in [0.2, 0.25) is 0 Å². The second-order valence-corrected chi connectivity index (χ2v) is 6.24. The Morgan fingerprint density at radius 2 is 1.83 bits per heavy atom. The molecule has 1 heterocycles. The van der Waals surface area contributed by atoms with E-state index in [1.807, 2.05) is 0 Å². The standard InChI is InChI=1S/C15H24N4O4/c1-16-11(20)9-18(2)12(21)10-19-13(22)15(17-14(19)23)7-5-3-4-6-8-15/h3-10H2,1-2H3,(H,16,20)(H,17,23). The molecule has 2 aliphatic rings. The van der Waals surface area contributed by atoms with Crippen LogP contribution in [0.3, 0.4) is 0 Å². The molecule has 0 aromatic carbocycles. The summed E-state index contributed by atoms with van der Waals surface area (Å²) in [4.78, 5) is 50.5. The minimum Gasteiger partial charge on any atom is -0.358 e. The quantitative estimate of drug-likeness (QED) is 0.702. The number of carbonyl (C=O) groups is 4. The number of hydrogen-bond acceptors (Lipinski definition) is 4. The Balaban J connectivity index is 2.02. The van der Waals surface area contributed by atoms with Crippen molar-refractivity contribution in [1.82, 2.24) is 20.4 Å². The summed E-state index contributed by atoms with van der Waals surface area (Å²) in [7, 11) is 2.95. The summed E-state index contributed by atoms with van der Waals surface area (Å²) in [6, 6.07) is -0.515. The van der Waals surface area contributed by atoms with Crippen LogP contribution in [0.4, 0.5) is 4.79 Å². The first-order valence-electron chi connectivity index (χ1n) is 7.98. The lowest BCUT2D eigenvalue weighted by Crippen LogP contribution is -2.48. The van der Waals surface area contributed by atoms with Gasteiger partial charge in [-0.05, 0) is 12.8 Å². The van der Waals surface area contributed by atoms with Crippen LogP contribution in [0.5, 0.6) is 0 Å². The number of urea groups is 1. The molecule has 8 nitrogen and oxygen atoms in total. The number of carbonyl (C=O) groups excluding carboxylic acids is 4. The van der Waals surface area contributed by atoms with Gasteiger partial charge in [0, 0.05) is 14.1 Å². The average molecular weight is 324 g/mol. The number of nitrogens with one attached hydrogen (secondary N) is 2. The van der Waals surface area contributed by atoms with Crippen molar-refractivity contribution in [1.29, 1.82) is 0 Å². The van der Waals surface area contributed by atoms with Crippen molar-refractivity contribution in [3.05, 3.63) is 0 Å². The topological polar surface area (TPSA) is 98.8 Å². The highest BCUT2D eigenvalue weighted by Gasteiger charge is 2.51. The molecule has 2 fully saturated rings. The molecule has 0 atom stereocenters. The molecule has 8 heteroatoms. The molecule has 1 aliphatic heterocycles. The van der Waals surface area contributed by atoms with Crippen LogP contribution in [-0.2, 0) is 14.4 Å². The highest BCUT2D eigenvalue weighted by atomic mass is 16.2. The SMILES string of the molecule is CNC(=O)CN(C)C(=O)CN1C(=O)NC2(CCCCCC2)C1=O. The number of likely N-dealkylation sites (N-methyl/N-ethyl adjacent to an activating group) is 2. The van der Waals surface area contributed by atoms with Gasteiger partial charge in [-0.15, -0.1) is 0 Å². The van der Waals surface area contributed by atoms with Gasteiger partial charge >= 0.3 is 6.03 Å².